The quantitative estimate of drug-likeness (QED) is 0.125. The van der Waals surface area contributed by atoms with Gasteiger partial charge in [-0.25, -0.2) is 0 Å². The Morgan fingerprint density at radius 2 is 1.24 bits per heavy atom. The van der Waals surface area contributed by atoms with Crippen LogP contribution >= 0.6 is 0 Å². The van der Waals surface area contributed by atoms with E-state index in [0.717, 1.165) is 25.7 Å². The normalized spacial score (nSPS) is 13.7. The van der Waals surface area contributed by atoms with Crippen molar-refractivity contribution in [3.05, 3.63) is 0 Å². The van der Waals surface area contributed by atoms with Gasteiger partial charge >= 0.3 is 0 Å². The molecule has 10 nitrogen and oxygen atoms in total. The van der Waals surface area contributed by atoms with Crippen molar-refractivity contribution < 1.29 is 19.2 Å². The van der Waals surface area contributed by atoms with Crippen molar-refractivity contribution in [2.75, 3.05) is 26.2 Å². The minimum atomic E-state index is -0.607. The van der Waals surface area contributed by atoms with Gasteiger partial charge < -0.3 is 33.6 Å². The average Bonchev–Trinajstić information content (AvgIpc) is 2.77. The maximum atomic E-state index is 12.6. The van der Waals surface area contributed by atoms with Crippen LogP contribution in [0.2, 0.25) is 0 Å². The Morgan fingerprint density at radius 1 is 0.697 bits per heavy atom. The summed E-state index contributed by atoms with van der Waals surface area (Å²) in [6.45, 7) is 3.30. The molecule has 0 aliphatic carbocycles. The van der Waals surface area contributed by atoms with Gasteiger partial charge in [-0.3, -0.25) is 19.2 Å². The second-order valence-electron chi connectivity index (χ2n) is 8.68. The Labute approximate surface area is 198 Å². The lowest BCUT2D eigenvalue weighted by atomic mass is 9.91. The van der Waals surface area contributed by atoms with Gasteiger partial charge in [0.15, 0.2) is 0 Å². The Kier molecular flexibility index (Phi) is 18.5. The predicted octanol–water partition coefficient (Wildman–Crippen LogP) is -0.144. The molecular weight excluding hydrogens is 424 g/mol. The third-order valence-electron chi connectivity index (χ3n) is 5.56. The summed E-state index contributed by atoms with van der Waals surface area (Å²) in [5.74, 6) is -1.11. The Balaban J connectivity index is 4.55. The first-order valence-corrected chi connectivity index (χ1v) is 12.2. The summed E-state index contributed by atoms with van der Waals surface area (Å²) in [4.78, 5) is 48.3. The number of rotatable bonds is 21. The van der Waals surface area contributed by atoms with Gasteiger partial charge in [0.2, 0.25) is 11.8 Å². The summed E-state index contributed by atoms with van der Waals surface area (Å²) in [5.41, 5.74) is 22.8. The van der Waals surface area contributed by atoms with Crippen molar-refractivity contribution in [3.63, 3.8) is 0 Å². The molecule has 0 saturated heterocycles. The number of carbonyl (C=O) groups is 4. The summed E-state index contributed by atoms with van der Waals surface area (Å²) in [6.07, 6.45) is 6.50. The topological polar surface area (TPSA) is 196 Å². The van der Waals surface area contributed by atoms with E-state index in [4.69, 9.17) is 22.9 Å². The SMILES string of the molecule is CC(=O)CCNC(=O)[C@H](CCCCNC(=O)[C@@H](N)CCCCN)CC(=O)[C@@H](N)CCCCN. The fraction of sp³-hybridized carbons (Fsp3) is 0.826. The van der Waals surface area contributed by atoms with Crippen LogP contribution in [0.25, 0.3) is 0 Å². The summed E-state index contributed by atoms with van der Waals surface area (Å²) in [5, 5.41) is 5.56. The van der Waals surface area contributed by atoms with Gasteiger partial charge in [0, 0.05) is 31.8 Å². The first kappa shape index (κ1) is 31.1. The molecule has 0 aromatic carbocycles. The van der Waals surface area contributed by atoms with E-state index in [1.54, 1.807) is 0 Å². The second-order valence-corrected chi connectivity index (χ2v) is 8.68. The summed E-state index contributed by atoms with van der Waals surface area (Å²) in [6, 6.07) is -1.15. The maximum absolute atomic E-state index is 12.6. The molecule has 0 aromatic heterocycles. The highest BCUT2D eigenvalue weighted by Gasteiger charge is 2.24. The highest BCUT2D eigenvalue weighted by molar-refractivity contribution is 5.89. The molecule has 0 saturated carbocycles. The van der Waals surface area contributed by atoms with Gasteiger partial charge in [-0.05, 0) is 58.5 Å². The van der Waals surface area contributed by atoms with Gasteiger partial charge in [-0.1, -0.05) is 19.3 Å². The largest absolute Gasteiger partial charge is 0.355 e. The van der Waals surface area contributed by atoms with Crippen LogP contribution in [0.1, 0.15) is 77.6 Å². The molecule has 10 N–H and O–H groups in total. The molecule has 192 valence electrons. The first-order chi connectivity index (χ1) is 15.7. The van der Waals surface area contributed by atoms with Gasteiger partial charge in [0.25, 0.3) is 0 Å². The predicted molar refractivity (Wildman–Crippen MR) is 130 cm³/mol. The van der Waals surface area contributed by atoms with Crippen molar-refractivity contribution in [2.24, 2.45) is 28.9 Å². The highest BCUT2D eigenvalue weighted by Crippen LogP contribution is 2.16. The molecule has 0 heterocycles. The van der Waals surface area contributed by atoms with Crippen molar-refractivity contribution in [2.45, 2.75) is 89.6 Å². The number of hydrogen-bond acceptors (Lipinski definition) is 8. The standard InChI is InChI=1S/C23H46N6O4/c1-17(30)11-15-29-22(32)18(16-21(31)19(26)9-2-5-12-24)8-4-7-14-28-23(33)20(27)10-3-6-13-25/h18-20H,2-16,24-27H2,1H3,(H,28,33)(H,29,32)/t18-,19+,20+/m1/s1. The molecule has 0 spiro atoms. The third-order valence-corrected chi connectivity index (χ3v) is 5.56. The molecule has 0 fully saturated rings. The molecule has 10 heteroatoms. The van der Waals surface area contributed by atoms with Crippen molar-refractivity contribution >= 4 is 23.4 Å². The lowest BCUT2D eigenvalue weighted by Gasteiger charge is -2.19. The molecule has 0 aromatic rings. The zero-order chi connectivity index (χ0) is 25.1. The van der Waals surface area contributed by atoms with Gasteiger partial charge in [0.1, 0.15) is 11.6 Å². The van der Waals surface area contributed by atoms with E-state index in [-0.39, 0.29) is 42.8 Å². The van der Waals surface area contributed by atoms with Gasteiger partial charge in [-0.15, -0.1) is 0 Å². The van der Waals surface area contributed by atoms with Crippen molar-refractivity contribution in [1.29, 1.82) is 0 Å². The highest BCUT2D eigenvalue weighted by atomic mass is 16.2. The number of nitrogens with one attached hydrogen (secondary N) is 2. The van der Waals surface area contributed by atoms with Crippen LogP contribution in [0.4, 0.5) is 0 Å². The molecule has 0 radical (unpaired) electrons. The zero-order valence-corrected chi connectivity index (χ0v) is 20.3. The van der Waals surface area contributed by atoms with Gasteiger partial charge in [-0.2, -0.15) is 0 Å². The lowest BCUT2D eigenvalue weighted by molar-refractivity contribution is -0.130. The first-order valence-electron chi connectivity index (χ1n) is 12.2. The number of hydrogen-bond donors (Lipinski definition) is 6. The minimum absolute atomic E-state index is 0.0122. The number of amides is 2. The van der Waals surface area contributed by atoms with Crippen molar-refractivity contribution in [3.8, 4) is 0 Å². The van der Waals surface area contributed by atoms with E-state index in [2.05, 4.69) is 10.6 Å². The fourth-order valence-corrected chi connectivity index (χ4v) is 3.39. The average molecular weight is 471 g/mol. The van der Waals surface area contributed by atoms with Gasteiger partial charge in [0.05, 0.1) is 12.1 Å². The molecule has 3 atom stereocenters. The fourth-order valence-electron chi connectivity index (χ4n) is 3.39. The number of nitrogens with two attached hydrogens (primary N) is 4. The molecular formula is C23H46N6O4. The van der Waals surface area contributed by atoms with Crippen LogP contribution in [0, 0.1) is 5.92 Å². The maximum Gasteiger partial charge on any atom is 0.236 e. The molecule has 0 aliphatic heterocycles. The number of carbonyl (C=O) groups excluding carboxylic acids is 4. The van der Waals surface area contributed by atoms with Crippen molar-refractivity contribution in [1.82, 2.24) is 10.6 Å². The van der Waals surface area contributed by atoms with E-state index in [1.807, 2.05) is 0 Å². The Bertz CT molecular complexity index is 587. The van der Waals surface area contributed by atoms with Crippen LogP contribution in [0.3, 0.4) is 0 Å². The van der Waals surface area contributed by atoms with E-state index in [9.17, 15) is 19.2 Å². The summed E-state index contributed by atoms with van der Waals surface area (Å²) < 4.78 is 0. The molecule has 0 bridgehead atoms. The molecule has 0 unspecified atom stereocenters. The van der Waals surface area contributed by atoms with E-state index in [1.165, 1.54) is 6.92 Å². The number of unbranched alkanes of at least 4 members (excludes halogenated alkanes) is 3. The zero-order valence-electron chi connectivity index (χ0n) is 20.3. The lowest BCUT2D eigenvalue weighted by Crippen LogP contribution is -2.41. The van der Waals surface area contributed by atoms with Crippen LogP contribution in [-0.2, 0) is 19.2 Å². The monoisotopic (exact) mass is 470 g/mol. The van der Waals surface area contributed by atoms with Crippen LogP contribution < -0.4 is 33.6 Å². The Hall–Kier alpha value is -1.88. The van der Waals surface area contributed by atoms with Crippen LogP contribution in [0.5, 0.6) is 0 Å². The minimum Gasteiger partial charge on any atom is -0.355 e. The summed E-state index contributed by atoms with van der Waals surface area (Å²) >= 11 is 0. The molecule has 0 rings (SSSR count). The van der Waals surface area contributed by atoms with E-state index < -0.39 is 18.0 Å². The molecule has 2 amide bonds. The smallest absolute Gasteiger partial charge is 0.236 e. The number of Topliss-reactive ketones (excluding diaryl/α,β-unsaturated/α-hetero) is 2. The molecule has 0 aliphatic rings. The second kappa shape index (κ2) is 19.6. The van der Waals surface area contributed by atoms with Crippen LogP contribution in [-0.4, -0.2) is 61.6 Å². The Morgan fingerprint density at radius 3 is 1.82 bits per heavy atom. The summed E-state index contributed by atoms with van der Waals surface area (Å²) in [7, 11) is 0. The van der Waals surface area contributed by atoms with Crippen LogP contribution in [0.15, 0.2) is 0 Å². The molecule has 33 heavy (non-hydrogen) atoms. The van der Waals surface area contributed by atoms with E-state index in [0.29, 0.717) is 51.7 Å². The third kappa shape index (κ3) is 16.4. The van der Waals surface area contributed by atoms with E-state index >= 15 is 0 Å². The number of ketones is 2.